The van der Waals surface area contributed by atoms with Gasteiger partial charge in [0.25, 0.3) is 0 Å². The van der Waals surface area contributed by atoms with Crippen LogP contribution in [0.3, 0.4) is 0 Å². The summed E-state index contributed by atoms with van der Waals surface area (Å²) in [5.41, 5.74) is 5.13. The number of nitrogens with one attached hydrogen (secondary N) is 1. The third-order valence-corrected chi connectivity index (χ3v) is 5.43. The molecule has 0 aromatic rings. The average Bonchev–Trinajstić information content (AvgIpc) is 2.64. The first-order valence-corrected chi connectivity index (χ1v) is 7.92. The van der Waals surface area contributed by atoms with Gasteiger partial charge < -0.3 is 11.1 Å². The van der Waals surface area contributed by atoms with E-state index in [0.717, 1.165) is 0 Å². The van der Waals surface area contributed by atoms with E-state index in [0.29, 0.717) is 25.8 Å². The molecule has 0 aromatic heterocycles. The Morgan fingerprint density at radius 1 is 1.41 bits per heavy atom. The van der Waals surface area contributed by atoms with Crippen LogP contribution in [0.2, 0.25) is 0 Å². The molecule has 0 aliphatic carbocycles. The molecule has 6 heteroatoms. The number of carbonyl (C=O) groups is 1. The smallest absolute Gasteiger partial charge is 0.240 e. The van der Waals surface area contributed by atoms with Gasteiger partial charge in [-0.25, -0.2) is 8.42 Å². The van der Waals surface area contributed by atoms with Gasteiger partial charge >= 0.3 is 0 Å². The molecule has 0 spiro atoms. The normalized spacial score (nSPS) is 23.6. The summed E-state index contributed by atoms with van der Waals surface area (Å²) in [4.78, 5) is 11.9. The Hall–Kier alpha value is -0.620. The molecule has 1 unspecified atom stereocenters. The first-order chi connectivity index (χ1) is 7.83. The Bertz CT molecular complexity index is 374. The second-order valence-electron chi connectivity index (χ2n) is 4.84. The summed E-state index contributed by atoms with van der Waals surface area (Å²) in [6, 6.07) is 0. The highest BCUT2D eigenvalue weighted by atomic mass is 32.2. The zero-order valence-corrected chi connectivity index (χ0v) is 11.3. The number of sulfone groups is 1. The van der Waals surface area contributed by atoms with Crippen molar-refractivity contribution >= 4 is 15.7 Å². The highest BCUT2D eigenvalue weighted by Crippen LogP contribution is 2.18. The fourth-order valence-electron chi connectivity index (χ4n) is 2.02. The molecule has 0 saturated carbocycles. The number of hydrogen-bond acceptors (Lipinski definition) is 4. The number of carbonyl (C=O) groups excluding carboxylic acids is 1. The van der Waals surface area contributed by atoms with Crippen LogP contribution in [-0.4, -0.2) is 37.9 Å². The van der Waals surface area contributed by atoms with Crippen molar-refractivity contribution in [2.24, 2.45) is 11.7 Å². The molecule has 1 aliphatic heterocycles. The van der Waals surface area contributed by atoms with E-state index < -0.39 is 15.4 Å². The highest BCUT2D eigenvalue weighted by molar-refractivity contribution is 7.91. The lowest BCUT2D eigenvalue weighted by Gasteiger charge is -2.25. The van der Waals surface area contributed by atoms with E-state index in [4.69, 9.17) is 5.73 Å². The van der Waals surface area contributed by atoms with Crippen molar-refractivity contribution < 1.29 is 13.2 Å². The van der Waals surface area contributed by atoms with Crippen LogP contribution in [0, 0.1) is 5.92 Å². The number of rotatable bonds is 5. The maximum atomic E-state index is 11.9. The minimum atomic E-state index is -2.87. The van der Waals surface area contributed by atoms with Gasteiger partial charge in [-0.2, -0.15) is 0 Å². The molecule has 1 heterocycles. The first kappa shape index (κ1) is 14.4. The predicted molar refractivity (Wildman–Crippen MR) is 67.3 cm³/mol. The molecular weight excluding hydrogens is 240 g/mol. The maximum absolute atomic E-state index is 11.9. The van der Waals surface area contributed by atoms with E-state index in [-0.39, 0.29) is 23.3 Å². The van der Waals surface area contributed by atoms with Crippen molar-refractivity contribution in [1.29, 1.82) is 0 Å². The number of amides is 1. The molecule has 5 nitrogen and oxygen atoms in total. The molecule has 0 radical (unpaired) electrons. The van der Waals surface area contributed by atoms with Crippen LogP contribution in [0.25, 0.3) is 0 Å². The molecule has 1 amide bonds. The molecule has 1 aliphatic rings. The van der Waals surface area contributed by atoms with Crippen molar-refractivity contribution in [3.8, 4) is 0 Å². The summed E-state index contributed by atoms with van der Waals surface area (Å²) in [5.74, 6) is 0.292. The van der Waals surface area contributed by atoms with E-state index >= 15 is 0 Å². The highest BCUT2D eigenvalue weighted by Gasteiger charge is 2.32. The molecule has 1 saturated heterocycles. The lowest BCUT2D eigenvalue weighted by Crippen LogP contribution is -2.53. The van der Waals surface area contributed by atoms with Gasteiger partial charge in [0, 0.05) is 6.54 Å². The van der Waals surface area contributed by atoms with Gasteiger partial charge in [-0.1, -0.05) is 13.8 Å². The third kappa shape index (κ3) is 3.67. The van der Waals surface area contributed by atoms with Crippen molar-refractivity contribution in [3.05, 3.63) is 0 Å². The maximum Gasteiger partial charge on any atom is 0.240 e. The molecule has 1 fully saturated rings. The monoisotopic (exact) mass is 262 g/mol. The molecule has 3 N–H and O–H groups in total. The zero-order chi connectivity index (χ0) is 13.1. The Morgan fingerprint density at radius 2 is 2.00 bits per heavy atom. The molecule has 1 atom stereocenters. The summed E-state index contributed by atoms with van der Waals surface area (Å²) >= 11 is 0. The molecular formula is C11H22N2O3S. The van der Waals surface area contributed by atoms with E-state index in [2.05, 4.69) is 5.32 Å². The average molecular weight is 262 g/mol. The molecule has 0 aromatic carbocycles. The SMILES string of the molecule is CCC(N)(CC)C(=O)NCC1CCS(=O)(=O)C1. The van der Waals surface area contributed by atoms with E-state index in [9.17, 15) is 13.2 Å². The van der Waals surface area contributed by atoms with Crippen LogP contribution in [0.5, 0.6) is 0 Å². The second kappa shape index (κ2) is 5.35. The van der Waals surface area contributed by atoms with E-state index in [1.165, 1.54) is 0 Å². The number of hydrogen-bond donors (Lipinski definition) is 2. The van der Waals surface area contributed by atoms with Crippen LogP contribution in [-0.2, 0) is 14.6 Å². The third-order valence-electron chi connectivity index (χ3n) is 3.59. The van der Waals surface area contributed by atoms with Gasteiger partial charge in [0.05, 0.1) is 17.0 Å². The lowest BCUT2D eigenvalue weighted by atomic mass is 9.93. The minimum Gasteiger partial charge on any atom is -0.354 e. The topological polar surface area (TPSA) is 89.3 Å². The first-order valence-electron chi connectivity index (χ1n) is 6.10. The largest absolute Gasteiger partial charge is 0.354 e. The minimum absolute atomic E-state index is 0.0434. The summed E-state index contributed by atoms with van der Waals surface area (Å²) in [7, 11) is -2.87. The Labute approximate surface area is 103 Å². The molecule has 100 valence electrons. The van der Waals surface area contributed by atoms with Crippen LogP contribution >= 0.6 is 0 Å². The second-order valence-corrected chi connectivity index (χ2v) is 7.07. The van der Waals surface area contributed by atoms with E-state index in [1.54, 1.807) is 0 Å². The van der Waals surface area contributed by atoms with Crippen molar-refractivity contribution in [1.82, 2.24) is 5.32 Å². The van der Waals surface area contributed by atoms with Gasteiger partial charge in [0.15, 0.2) is 9.84 Å². The fourth-order valence-corrected chi connectivity index (χ4v) is 3.88. The summed E-state index contributed by atoms with van der Waals surface area (Å²) in [5, 5.41) is 2.78. The molecule has 1 rings (SSSR count). The van der Waals surface area contributed by atoms with Gasteiger partial charge in [0.1, 0.15) is 0 Å². The standard InChI is InChI=1S/C11H22N2O3S/c1-3-11(12,4-2)10(14)13-7-9-5-6-17(15,16)8-9/h9H,3-8,12H2,1-2H3,(H,13,14). The Morgan fingerprint density at radius 3 is 2.41 bits per heavy atom. The van der Waals surface area contributed by atoms with Crippen molar-refractivity contribution in [2.45, 2.75) is 38.6 Å². The van der Waals surface area contributed by atoms with Gasteiger partial charge in [-0.05, 0) is 25.2 Å². The van der Waals surface area contributed by atoms with Crippen LogP contribution in [0.1, 0.15) is 33.1 Å². The summed E-state index contributed by atoms with van der Waals surface area (Å²) in [6.45, 7) is 4.17. The molecule has 17 heavy (non-hydrogen) atoms. The lowest BCUT2D eigenvalue weighted by molar-refractivity contribution is -0.126. The number of nitrogens with two attached hydrogens (primary N) is 1. The Balaban J connectivity index is 2.44. The zero-order valence-electron chi connectivity index (χ0n) is 10.5. The van der Waals surface area contributed by atoms with Crippen LogP contribution < -0.4 is 11.1 Å². The molecule has 0 bridgehead atoms. The summed E-state index contributed by atoms with van der Waals surface area (Å²) < 4.78 is 22.5. The quantitative estimate of drug-likeness (QED) is 0.733. The van der Waals surface area contributed by atoms with E-state index in [1.807, 2.05) is 13.8 Å². The van der Waals surface area contributed by atoms with Gasteiger partial charge in [0.2, 0.25) is 5.91 Å². The van der Waals surface area contributed by atoms with Crippen LogP contribution in [0.4, 0.5) is 0 Å². The summed E-state index contributed by atoms with van der Waals surface area (Å²) in [6.07, 6.45) is 1.80. The fraction of sp³-hybridized carbons (Fsp3) is 0.909. The van der Waals surface area contributed by atoms with Crippen molar-refractivity contribution in [3.63, 3.8) is 0 Å². The predicted octanol–water partition coefficient (Wildman–Crippen LogP) is 0.0548. The van der Waals surface area contributed by atoms with Crippen molar-refractivity contribution in [2.75, 3.05) is 18.1 Å². The van der Waals surface area contributed by atoms with Gasteiger partial charge in [-0.3, -0.25) is 4.79 Å². The Kier molecular flexibility index (Phi) is 4.55. The van der Waals surface area contributed by atoms with Crippen LogP contribution in [0.15, 0.2) is 0 Å². The van der Waals surface area contributed by atoms with Gasteiger partial charge in [-0.15, -0.1) is 0 Å².